The van der Waals surface area contributed by atoms with Crippen molar-refractivity contribution in [2.24, 2.45) is 7.05 Å². The van der Waals surface area contributed by atoms with E-state index in [0.29, 0.717) is 12.4 Å². The monoisotopic (exact) mass is 218 g/mol. The molecule has 2 N–H and O–H groups in total. The molecule has 2 heterocycles. The molecule has 0 aliphatic rings. The van der Waals surface area contributed by atoms with Crippen molar-refractivity contribution in [1.82, 2.24) is 19.7 Å². The van der Waals surface area contributed by atoms with E-state index in [1.54, 1.807) is 12.3 Å². The van der Waals surface area contributed by atoms with E-state index in [4.69, 9.17) is 5.73 Å². The molecule has 2 rings (SSSR count). The Morgan fingerprint density at radius 3 is 2.75 bits per heavy atom. The first kappa shape index (κ1) is 10.4. The van der Waals surface area contributed by atoms with Crippen LogP contribution in [0, 0.1) is 0 Å². The number of nitrogen functional groups attached to an aromatic ring is 1. The minimum Gasteiger partial charge on any atom is -0.382 e. The average molecular weight is 218 g/mol. The highest BCUT2D eigenvalue weighted by molar-refractivity contribution is 5.40. The normalized spacial score (nSPS) is 10.4. The maximum absolute atomic E-state index is 5.48. The van der Waals surface area contributed by atoms with Crippen molar-refractivity contribution in [3.05, 3.63) is 30.4 Å². The lowest BCUT2D eigenvalue weighted by Crippen LogP contribution is -2.20. The number of aromatic nitrogens is 4. The van der Waals surface area contributed by atoms with Crippen LogP contribution in [0.5, 0.6) is 0 Å². The second-order valence-corrected chi connectivity index (χ2v) is 3.63. The van der Waals surface area contributed by atoms with Crippen LogP contribution in [0.1, 0.15) is 5.82 Å². The topological polar surface area (TPSA) is 72.9 Å². The molecule has 6 nitrogen and oxygen atoms in total. The van der Waals surface area contributed by atoms with Crippen LogP contribution in [0.3, 0.4) is 0 Å². The molecule has 0 unspecified atom stereocenters. The molecule has 0 spiro atoms. The van der Waals surface area contributed by atoms with E-state index in [0.717, 1.165) is 11.6 Å². The van der Waals surface area contributed by atoms with Gasteiger partial charge in [-0.15, -0.1) is 10.2 Å². The van der Waals surface area contributed by atoms with Gasteiger partial charge in [0.15, 0.2) is 5.82 Å². The number of imidazole rings is 1. The molecule has 6 heteroatoms. The zero-order valence-corrected chi connectivity index (χ0v) is 9.33. The van der Waals surface area contributed by atoms with E-state index >= 15 is 0 Å². The largest absolute Gasteiger partial charge is 0.382 e. The fraction of sp³-hybridized carbons (Fsp3) is 0.300. The summed E-state index contributed by atoms with van der Waals surface area (Å²) >= 11 is 0. The van der Waals surface area contributed by atoms with Gasteiger partial charge >= 0.3 is 0 Å². The zero-order valence-electron chi connectivity index (χ0n) is 9.33. The highest BCUT2D eigenvalue weighted by Crippen LogP contribution is 2.10. The first-order valence-corrected chi connectivity index (χ1v) is 4.93. The molecule has 0 aromatic carbocycles. The standard InChI is InChI=1S/C10H14N6/c1-15-6-5-12-10(15)7-16(2)9-4-3-8(11)13-14-9/h3-6H,7H2,1-2H3,(H2,11,13). The number of nitrogens with two attached hydrogens (primary N) is 1. The van der Waals surface area contributed by atoms with Gasteiger partial charge in [0.05, 0.1) is 6.54 Å². The van der Waals surface area contributed by atoms with Gasteiger partial charge in [-0.1, -0.05) is 0 Å². The molecule has 0 bridgehead atoms. The summed E-state index contributed by atoms with van der Waals surface area (Å²) in [7, 11) is 3.90. The Bertz CT molecular complexity index is 460. The number of hydrogen-bond acceptors (Lipinski definition) is 5. The molecule has 16 heavy (non-hydrogen) atoms. The first-order valence-electron chi connectivity index (χ1n) is 4.93. The molecule has 0 saturated carbocycles. The van der Waals surface area contributed by atoms with Crippen LogP contribution in [0.2, 0.25) is 0 Å². The number of nitrogens with zero attached hydrogens (tertiary/aromatic N) is 5. The zero-order chi connectivity index (χ0) is 11.5. The Morgan fingerprint density at radius 2 is 2.19 bits per heavy atom. The SMILES string of the molecule is CN(Cc1nccn1C)c1ccc(N)nn1. The van der Waals surface area contributed by atoms with Crippen LogP contribution in [0.15, 0.2) is 24.5 Å². The number of aryl methyl sites for hydroxylation is 1. The molecule has 0 aliphatic heterocycles. The van der Waals surface area contributed by atoms with Crippen LogP contribution in [0.25, 0.3) is 0 Å². The molecule has 0 aliphatic carbocycles. The van der Waals surface area contributed by atoms with Gasteiger partial charge in [0.1, 0.15) is 11.6 Å². The summed E-state index contributed by atoms with van der Waals surface area (Å²) in [5.74, 6) is 2.17. The van der Waals surface area contributed by atoms with Crippen LogP contribution < -0.4 is 10.6 Å². The smallest absolute Gasteiger partial charge is 0.151 e. The summed E-state index contributed by atoms with van der Waals surface area (Å²) in [5, 5.41) is 7.81. The summed E-state index contributed by atoms with van der Waals surface area (Å²) in [6.45, 7) is 0.683. The third-order valence-corrected chi connectivity index (χ3v) is 2.36. The Morgan fingerprint density at radius 1 is 1.38 bits per heavy atom. The minimum absolute atomic E-state index is 0.425. The maximum atomic E-state index is 5.48. The van der Waals surface area contributed by atoms with Crippen LogP contribution >= 0.6 is 0 Å². The molecule has 84 valence electrons. The van der Waals surface area contributed by atoms with Crippen molar-refractivity contribution in [1.29, 1.82) is 0 Å². The van der Waals surface area contributed by atoms with E-state index in [1.807, 2.05) is 35.8 Å². The summed E-state index contributed by atoms with van der Waals surface area (Å²) in [5.41, 5.74) is 5.48. The number of hydrogen-bond donors (Lipinski definition) is 1. The number of rotatable bonds is 3. The van der Waals surface area contributed by atoms with Crippen molar-refractivity contribution < 1.29 is 0 Å². The molecule has 0 saturated heterocycles. The summed E-state index contributed by atoms with van der Waals surface area (Å²) in [6.07, 6.45) is 3.69. The molecule has 0 fully saturated rings. The van der Waals surface area contributed by atoms with Gasteiger partial charge < -0.3 is 15.2 Å². The molecule has 0 amide bonds. The second kappa shape index (κ2) is 4.18. The van der Waals surface area contributed by atoms with Crippen molar-refractivity contribution in [3.63, 3.8) is 0 Å². The van der Waals surface area contributed by atoms with Crippen LogP contribution in [0.4, 0.5) is 11.6 Å². The fourth-order valence-electron chi connectivity index (χ4n) is 1.38. The van der Waals surface area contributed by atoms with Crippen molar-refractivity contribution >= 4 is 11.6 Å². The number of anilines is 2. The Labute approximate surface area is 93.7 Å². The molecule has 0 atom stereocenters. The second-order valence-electron chi connectivity index (χ2n) is 3.63. The molecule has 2 aromatic rings. The molecular formula is C10H14N6. The predicted octanol–water partition coefficient (Wildman–Crippen LogP) is 0.429. The van der Waals surface area contributed by atoms with E-state index in [9.17, 15) is 0 Å². The van der Waals surface area contributed by atoms with Gasteiger partial charge in [-0.2, -0.15) is 0 Å². The summed E-state index contributed by atoms with van der Waals surface area (Å²) < 4.78 is 1.97. The maximum Gasteiger partial charge on any atom is 0.151 e. The highest BCUT2D eigenvalue weighted by atomic mass is 15.3. The molecular weight excluding hydrogens is 204 g/mol. The highest BCUT2D eigenvalue weighted by Gasteiger charge is 2.06. The molecule has 2 aromatic heterocycles. The van der Waals surface area contributed by atoms with Crippen molar-refractivity contribution in [3.8, 4) is 0 Å². The first-order chi connectivity index (χ1) is 7.66. The summed E-state index contributed by atoms with van der Waals surface area (Å²) in [4.78, 5) is 6.21. The van der Waals surface area contributed by atoms with Crippen molar-refractivity contribution in [2.75, 3.05) is 17.7 Å². The van der Waals surface area contributed by atoms with Gasteiger partial charge in [-0.25, -0.2) is 4.98 Å². The van der Waals surface area contributed by atoms with E-state index in [1.165, 1.54) is 0 Å². The van der Waals surface area contributed by atoms with Crippen LogP contribution in [-0.2, 0) is 13.6 Å². The van der Waals surface area contributed by atoms with Gasteiger partial charge in [0.2, 0.25) is 0 Å². The minimum atomic E-state index is 0.425. The van der Waals surface area contributed by atoms with Crippen LogP contribution in [-0.4, -0.2) is 26.8 Å². The lowest BCUT2D eigenvalue weighted by molar-refractivity contribution is 0.750. The molecule has 0 radical (unpaired) electrons. The Hall–Kier alpha value is -2.11. The van der Waals surface area contributed by atoms with E-state index < -0.39 is 0 Å². The fourth-order valence-corrected chi connectivity index (χ4v) is 1.38. The summed E-state index contributed by atoms with van der Waals surface area (Å²) in [6, 6.07) is 3.57. The van der Waals surface area contributed by atoms with E-state index in [2.05, 4.69) is 15.2 Å². The van der Waals surface area contributed by atoms with E-state index in [-0.39, 0.29) is 0 Å². The lowest BCUT2D eigenvalue weighted by atomic mass is 10.4. The van der Waals surface area contributed by atoms with Crippen molar-refractivity contribution in [2.45, 2.75) is 6.54 Å². The predicted molar refractivity (Wildman–Crippen MR) is 61.8 cm³/mol. The Balaban J connectivity index is 2.11. The Kier molecular flexibility index (Phi) is 2.72. The third-order valence-electron chi connectivity index (χ3n) is 2.36. The lowest BCUT2D eigenvalue weighted by Gasteiger charge is -2.16. The van der Waals surface area contributed by atoms with Gasteiger partial charge in [0.25, 0.3) is 0 Å². The quantitative estimate of drug-likeness (QED) is 0.808. The average Bonchev–Trinajstić information content (AvgIpc) is 2.65. The third kappa shape index (κ3) is 2.10. The van der Waals surface area contributed by atoms with Gasteiger partial charge in [-0.05, 0) is 12.1 Å². The van der Waals surface area contributed by atoms with Gasteiger partial charge in [-0.3, -0.25) is 0 Å². The van der Waals surface area contributed by atoms with Gasteiger partial charge in [0, 0.05) is 26.5 Å².